The Bertz CT molecular complexity index is 905. The lowest BCUT2D eigenvalue weighted by Gasteiger charge is -2.32. The Morgan fingerprint density at radius 3 is 2.62 bits per heavy atom. The van der Waals surface area contributed by atoms with Crippen molar-refractivity contribution in [3.05, 3.63) is 41.5 Å². The first-order valence-corrected chi connectivity index (χ1v) is 10.0. The van der Waals surface area contributed by atoms with Crippen molar-refractivity contribution in [2.75, 3.05) is 13.6 Å². The monoisotopic (exact) mass is 377 g/mol. The van der Waals surface area contributed by atoms with E-state index in [1.807, 2.05) is 11.8 Å². The van der Waals surface area contributed by atoms with E-state index in [2.05, 4.69) is 26.4 Å². The van der Waals surface area contributed by atoms with E-state index in [1.165, 1.54) is 7.05 Å². The fourth-order valence-electron chi connectivity index (χ4n) is 3.28. The summed E-state index contributed by atoms with van der Waals surface area (Å²) in [5.41, 5.74) is 0.928. The smallest absolute Gasteiger partial charge is 0.240 e. The Morgan fingerprint density at radius 1 is 1.27 bits per heavy atom. The molecule has 0 saturated carbocycles. The highest BCUT2D eigenvalue weighted by Crippen LogP contribution is 2.22. The molecule has 1 atom stereocenters. The molecule has 140 valence electrons. The third-order valence-corrected chi connectivity index (χ3v) is 6.11. The van der Waals surface area contributed by atoms with Crippen LogP contribution >= 0.6 is 0 Å². The summed E-state index contributed by atoms with van der Waals surface area (Å²) in [6.45, 7) is 5.09. The zero-order chi connectivity index (χ0) is 18.9. The van der Waals surface area contributed by atoms with Gasteiger partial charge < -0.3 is 9.47 Å². The molecule has 0 saturated heterocycles. The van der Waals surface area contributed by atoms with Gasteiger partial charge in [-0.1, -0.05) is 12.1 Å². The van der Waals surface area contributed by atoms with Crippen molar-refractivity contribution in [3.63, 3.8) is 0 Å². The number of hydrogen-bond donors (Lipinski definition) is 1. The molecule has 1 aliphatic heterocycles. The number of benzene rings is 1. The number of aromatic nitrogens is 3. The minimum Gasteiger partial charge on any atom is -0.333 e. The second-order valence-corrected chi connectivity index (χ2v) is 8.39. The summed E-state index contributed by atoms with van der Waals surface area (Å²) in [6, 6.07) is 6.76. The minimum absolute atomic E-state index is 0.0654. The fourth-order valence-corrected chi connectivity index (χ4v) is 4.01. The molecule has 0 unspecified atom stereocenters. The average Bonchev–Trinajstić information content (AvgIpc) is 3.01. The average molecular weight is 377 g/mol. The lowest BCUT2D eigenvalue weighted by Crippen LogP contribution is -2.40. The van der Waals surface area contributed by atoms with Gasteiger partial charge in [0.15, 0.2) is 5.82 Å². The molecule has 3 rings (SSSR count). The SMILES string of the molecule is CNS(=O)(=O)c1ccc(CCC(=O)N2Cc3nnc(C)n3[C@@H](C)C2)cc1. The molecule has 0 fully saturated rings. The Balaban J connectivity index is 1.61. The number of rotatable bonds is 5. The number of carbonyl (C=O) groups is 1. The van der Waals surface area contributed by atoms with Crippen LogP contribution in [-0.4, -0.2) is 47.6 Å². The van der Waals surface area contributed by atoms with Gasteiger partial charge in [0.25, 0.3) is 0 Å². The standard InChI is InChI=1S/C17H23N5O3S/c1-12-10-21(11-16-20-19-13(2)22(12)16)17(23)9-6-14-4-7-15(8-5-14)26(24,25)18-3/h4-5,7-8,12,18H,6,9-11H2,1-3H3/t12-/m0/s1. The Morgan fingerprint density at radius 2 is 1.96 bits per heavy atom. The fraction of sp³-hybridized carbons (Fsp3) is 0.471. The second-order valence-electron chi connectivity index (χ2n) is 6.51. The van der Waals surface area contributed by atoms with Crippen LogP contribution < -0.4 is 4.72 Å². The molecule has 0 bridgehead atoms. The highest BCUT2D eigenvalue weighted by molar-refractivity contribution is 7.89. The molecule has 1 amide bonds. The lowest BCUT2D eigenvalue weighted by atomic mass is 10.1. The number of nitrogens with zero attached hydrogens (tertiary/aromatic N) is 4. The quantitative estimate of drug-likeness (QED) is 0.839. The summed E-state index contributed by atoms with van der Waals surface area (Å²) >= 11 is 0. The van der Waals surface area contributed by atoms with Crippen LogP contribution in [-0.2, 0) is 27.8 Å². The summed E-state index contributed by atoms with van der Waals surface area (Å²) in [7, 11) is -2.06. The van der Waals surface area contributed by atoms with Gasteiger partial charge in [-0.3, -0.25) is 4.79 Å². The van der Waals surface area contributed by atoms with Crippen molar-refractivity contribution in [1.29, 1.82) is 0 Å². The molecule has 1 aromatic heterocycles. The van der Waals surface area contributed by atoms with Crippen LogP contribution in [0.3, 0.4) is 0 Å². The summed E-state index contributed by atoms with van der Waals surface area (Å²) in [5.74, 6) is 1.75. The molecule has 0 radical (unpaired) electrons. The molecule has 9 heteroatoms. The largest absolute Gasteiger partial charge is 0.333 e. The van der Waals surface area contributed by atoms with Crippen LogP contribution in [0.15, 0.2) is 29.2 Å². The molecular formula is C17H23N5O3S. The van der Waals surface area contributed by atoms with Crippen molar-refractivity contribution in [2.24, 2.45) is 0 Å². The lowest BCUT2D eigenvalue weighted by molar-refractivity contribution is -0.133. The van der Waals surface area contributed by atoms with E-state index >= 15 is 0 Å². The van der Waals surface area contributed by atoms with Gasteiger partial charge in [-0.15, -0.1) is 10.2 Å². The first-order valence-electron chi connectivity index (χ1n) is 8.52. The topological polar surface area (TPSA) is 97.2 Å². The molecular weight excluding hydrogens is 354 g/mol. The van der Waals surface area contributed by atoms with Gasteiger partial charge in [-0.2, -0.15) is 0 Å². The second kappa shape index (κ2) is 7.16. The Hall–Kier alpha value is -2.26. The van der Waals surface area contributed by atoms with E-state index in [-0.39, 0.29) is 16.8 Å². The molecule has 0 aliphatic carbocycles. The van der Waals surface area contributed by atoms with Gasteiger partial charge in [0, 0.05) is 13.0 Å². The third-order valence-electron chi connectivity index (χ3n) is 4.68. The molecule has 1 N–H and O–H groups in total. The summed E-state index contributed by atoms with van der Waals surface area (Å²) in [5, 5.41) is 8.25. The van der Waals surface area contributed by atoms with Crippen LogP contribution in [0.5, 0.6) is 0 Å². The highest BCUT2D eigenvalue weighted by atomic mass is 32.2. The maximum atomic E-state index is 12.6. The number of sulfonamides is 1. The molecule has 2 aromatic rings. The molecule has 26 heavy (non-hydrogen) atoms. The molecule has 8 nitrogen and oxygen atoms in total. The van der Waals surface area contributed by atoms with Crippen LogP contribution in [0, 0.1) is 6.92 Å². The van der Waals surface area contributed by atoms with Crippen molar-refractivity contribution in [3.8, 4) is 0 Å². The van der Waals surface area contributed by atoms with E-state index in [9.17, 15) is 13.2 Å². The number of carbonyl (C=O) groups excluding carboxylic acids is 1. The Labute approximate surface area is 153 Å². The highest BCUT2D eigenvalue weighted by Gasteiger charge is 2.27. The zero-order valence-corrected chi connectivity index (χ0v) is 16.0. The van der Waals surface area contributed by atoms with Gasteiger partial charge in [0.05, 0.1) is 17.5 Å². The summed E-state index contributed by atoms with van der Waals surface area (Å²) < 4.78 is 27.8. The molecule has 0 spiro atoms. The minimum atomic E-state index is -3.44. The van der Waals surface area contributed by atoms with Crippen LogP contribution in [0.2, 0.25) is 0 Å². The summed E-state index contributed by atoms with van der Waals surface area (Å²) in [4.78, 5) is 14.6. The van der Waals surface area contributed by atoms with Crippen LogP contribution in [0.25, 0.3) is 0 Å². The third kappa shape index (κ3) is 3.63. The van der Waals surface area contributed by atoms with E-state index in [1.54, 1.807) is 24.3 Å². The zero-order valence-electron chi connectivity index (χ0n) is 15.1. The number of aryl methyl sites for hydroxylation is 2. The Kier molecular flexibility index (Phi) is 5.10. The van der Waals surface area contributed by atoms with Gasteiger partial charge in [0.1, 0.15) is 5.82 Å². The van der Waals surface area contributed by atoms with Crippen molar-refractivity contribution in [1.82, 2.24) is 24.4 Å². The number of fused-ring (bicyclic) bond motifs is 1. The predicted octanol–water partition coefficient (Wildman–Crippen LogP) is 1.03. The van der Waals surface area contributed by atoms with E-state index in [0.29, 0.717) is 25.9 Å². The van der Waals surface area contributed by atoms with Crippen molar-refractivity contribution >= 4 is 15.9 Å². The van der Waals surface area contributed by atoms with Crippen molar-refractivity contribution in [2.45, 2.75) is 44.2 Å². The van der Waals surface area contributed by atoms with Gasteiger partial charge in [0.2, 0.25) is 15.9 Å². The maximum Gasteiger partial charge on any atom is 0.240 e. The van der Waals surface area contributed by atoms with E-state index in [4.69, 9.17) is 0 Å². The van der Waals surface area contributed by atoms with Gasteiger partial charge in [-0.25, -0.2) is 13.1 Å². The number of amides is 1. The molecule has 1 aliphatic rings. The number of hydrogen-bond acceptors (Lipinski definition) is 5. The molecule has 2 heterocycles. The van der Waals surface area contributed by atoms with E-state index in [0.717, 1.165) is 17.2 Å². The van der Waals surface area contributed by atoms with Crippen LogP contribution in [0.1, 0.15) is 36.6 Å². The van der Waals surface area contributed by atoms with Crippen molar-refractivity contribution < 1.29 is 13.2 Å². The number of nitrogens with one attached hydrogen (secondary N) is 1. The normalized spacial score (nSPS) is 17.2. The first-order chi connectivity index (χ1) is 12.3. The molecule has 1 aromatic carbocycles. The predicted molar refractivity (Wildman–Crippen MR) is 95.9 cm³/mol. The maximum absolute atomic E-state index is 12.6. The van der Waals surface area contributed by atoms with Crippen LogP contribution in [0.4, 0.5) is 0 Å². The van der Waals surface area contributed by atoms with Gasteiger partial charge >= 0.3 is 0 Å². The summed E-state index contributed by atoms with van der Waals surface area (Å²) in [6.07, 6.45) is 0.938. The van der Waals surface area contributed by atoms with Gasteiger partial charge in [-0.05, 0) is 45.0 Å². The van der Waals surface area contributed by atoms with E-state index < -0.39 is 10.0 Å². The first kappa shape index (κ1) is 18.5.